The minimum atomic E-state index is -1.08. The minimum Gasteiger partial charge on any atom is -0.550 e. The number of hydrogen-bond donors (Lipinski definition) is 1. The van der Waals surface area contributed by atoms with Crippen LogP contribution in [-0.2, 0) is 9.59 Å². The van der Waals surface area contributed by atoms with Gasteiger partial charge in [0.15, 0.2) is 12.4 Å². The third-order valence-electron chi connectivity index (χ3n) is 1.00. The van der Waals surface area contributed by atoms with Gasteiger partial charge in [-0.3, -0.25) is 4.79 Å². The molecule has 0 radical (unpaired) electrons. The van der Waals surface area contributed by atoms with Crippen LogP contribution in [0, 0.1) is 0 Å². The monoisotopic (exact) mass is 196 g/mol. The molecular weight excluding hydrogens is 184 g/mol. The number of carboxylic acid groups (broad SMARTS) is 1. The maximum Gasteiger partial charge on any atom is 0.271 e. The number of amides is 1. The van der Waals surface area contributed by atoms with Crippen LogP contribution in [0.1, 0.15) is 13.8 Å². The Labute approximate surface area is 82.0 Å². The number of aromatic nitrogens is 1. The van der Waals surface area contributed by atoms with Crippen molar-refractivity contribution in [1.29, 1.82) is 0 Å². The first-order chi connectivity index (χ1) is 6.52. The number of carboxylic acids is 1. The fourth-order valence-corrected chi connectivity index (χ4v) is 0.655. The van der Waals surface area contributed by atoms with Gasteiger partial charge in [-0.15, -0.1) is 5.43 Å². The summed E-state index contributed by atoms with van der Waals surface area (Å²) >= 11 is 0. The lowest BCUT2D eigenvalue weighted by Crippen LogP contribution is -2.46. The van der Waals surface area contributed by atoms with Crippen LogP contribution < -0.4 is 15.2 Å². The van der Waals surface area contributed by atoms with Gasteiger partial charge in [-0.25, -0.2) is 0 Å². The number of aliphatic carboxylic acids is 1. The molecule has 0 aliphatic rings. The molecule has 1 aromatic rings. The van der Waals surface area contributed by atoms with Gasteiger partial charge in [0, 0.05) is 25.0 Å². The van der Waals surface area contributed by atoms with E-state index in [-0.39, 0.29) is 5.91 Å². The molecule has 0 spiro atoms. The average molecular weight is 196 g/mol. The van der Waals surface area contributed by atoms with Crippen molar-refractivity contribution in [3.63, 3.8) is 0 Å². The Bertz CT molecular complexity index is 294. The summed E-state index contributed by atoms with van der Waals surface area (Å²) in [7, 11) is 0. The number of carbonyl (C=O) groups is 2. The van der Waals surface area contributed by atoms with E-state index < -0.39 is 5.97 Å². The summed E-state index contributed by atoms with van der Waals surface area (Å²) in [6, 6.07) is 5.57. The lowest BCUT2D eigenvalue weighted by Gasteiger charge is -1.90. The predicted molar refractivity (Wildman–Crippen MR) is 47.4 cm³/mol. The highest BCUT2D eigenvalue weighted by Crippen LogP contribution is 1.73. The molecular formula is C9H12N2O3. The van der Waals surface area contributed by atoms with Crippen molar-refractivity contribution in [2.75, 3.05) is 5.43 Å². The number of carbonyl (C=O) groups excluding carboxylic acids is 2. The van der Waals surface area contributed by atoms with E-state index >= 15 is 0 Å². The van der Waals surface area contributed by atoms with Crippen molar-refractivity contribution in [3.05, 3.63) is 30.6 Å². The number of nitrogens with one attached hydrogen (secondary N) is 1. The number of nitrogens with zero attached hydrogens (tertiary/aromatic N) is 1. The smallest absolute Gasteiger partial charge is 0.271 e. The van der Waals surface area contributed by atoms with Crippen LogP contribution in [0.3, 0.4) is 0 Å². The normalized spacial score (nSPS) is 8.14. The minimum absolute atomic E-state index is 0.0730. The SMILES string of the molecule is CC(=O)N[n+]1ccccc1.CC(=O)[O-]. The first-order valence-electron chi connectivity index (χ1n) is 3.94. The fraction of sp³-hybridized carbons (Fsp3) is 0.222. The number of hydrogen-bond acceptors (Lipinski definition) is 3. The van der Waals surface area contributed by atoms with Gasteiger partial charge in [0.25, 0.3) is 5.91 Å². The highest BCUT2D eigenvalue weighted by atomic mass is 16.4. The fourth-order valence-electron chi connectivity index (χ4n) is 0.655. The van der Waals surface area contributed by atoms with Crippen LogP contribution in [0.25, 0.3) is 0 Å². The van der Waals surface area contributed by atoms with E-state index in [4.69, 9.17) is 9.90 Å². The van der Waals surface area contributed by atoms with E-state index in [9.17, 15) is 4.79 Å². The average Bonchev–Trinajstić information content (AvgIpc) is 2.03. The van der Waals surface area contributed by atoms with Crippen LogP contribution in [-0.4, -0.2) is 11.9 Å². The summed E-state index contributed by atoms with van der Waals surface area (Å²) < 4.78 is 1.60. The second-order valence-corrected chi connectivity index (χ2v) is 2.44. The highest BCUT2D eigenvalue weighted by Gasteiger charge is 1.97. The van der Waals surface area contributed by atoms with Crippen molar-refractivity contribution in [1.82, 2.24) is 0 Å². The van der Waals surface area contributed by atoms with Crippen molar-refractivity contribution >= 4 is 11.9 Å². The van der Waals surface area contributed by atoms with E-state index in [1.54, 1.807) is 17.1 Å². The van der Waals surface area contributed by atoms with Gasteiger partial charge >= 0.3 is 0 Å². The molecule has 76 valence electrons. The van der Waals surface area contributed by atoms with Gasteiger partial charge in [-0.1, -0.05) is 10.7 Å². The standard InChI is InChI=1S/C7H8N2O.C2H4O2/c1-7(10)8-9-5-3-2-4-6-9;1-2(3)4/h2-6H,1H3;1H3,(H,3,4). The highest BCUT2D eigenvalue weighted by molar-refractivity contribution is 5.79. The van der Waals surface area contributed by atoms with Crippen molar-refractivity contribution in [3.8, 4) is 0 Å². The van der Waals surface area contributed by atoms with Crippen molar-refractivity contribution < 1.29 is 19.4 Å². The molecule has 0 saturated carbocycles. The Hall–Kier alpha value is -1.91. The molecule has 14 heavy (non-hydrogen) atoms. The molecule has 1 amide bonds. The third-order valence-corrected chi connectivity index (χ3v) is 1.00. The van der Waals surface area contributed by atoms with Gasteiger partial charge in [-0.05, 0) is 6.92 Å². The van der Waals surface area contributed by atoms with Gasteiger partial charge < -0.3 is 9.90 Å². The Morgan fingerprint density at radius 2 is 1.57 bits per heavy atom. The zero-order valence-electron chi connectivity index (χ0n) is 8.06. The van der Waals surface area contributed by atoms with E-state index in [1.165, 1.54) is 6.92 Å². The summed E-state index contributed by atoms with van der Waals surface area (Å²) in [5.41, 5.74) is 2.58. The Morgan fingerprint density at radius 3 is 1.93 bits per heavy atom. The number of rotatable bonds is 1. The Balaban J connectivity index is 0.000000364. The first kappa shape index (κ1) is 12.1. The zero-order chi connectivity index (χ0) is 11.0. The molecule has 0 unspecified atom stereocenters. The van der Waals surface area contributed by atoms with E-state index in [0.717, 1.165) is 6.92 Å². The Morgan fingerprint density at radius 1 is 1.14 bits per heavy atom. The molecule has 1 heterocycles. The van der Waals surface area contributed by atoms with Crippen molar-refractivity contribution in [2.24, 2.45) is 0 Å². The quantitative estimate of drug-likeness (QED) is 0.574. The van der Waals surface area contributed by atoms with Crippen LogP contribution in [0.2, 0.25) is 0 Å². The summed E-state index contributed by atoms with van der Waals surface area (Å²) in [6.07, 6.45) is 3.53. The van der Waals surface area contributed by atoms with Crippen LogP contribution >= 0.6 is 0 Å². The zero-order valence-corrected chi connectivity index (χ0v) is 8.06. The molecule has 1 aromatic heterocycles. The molecule has 5 nitrogen and oxygen atoms in total. The van der Waals surface area contributed by atoms with Gasteiger partial charge in [-0.2, -0.15) is 0 Å². The lowest BCUT2D eigenvalue weighted by atomic mass is 10.5. The summed E-state index contributed by atoms with van der Waals surface area (Å²) in [4.78, 5) is 19.4. The van der Waals surface area contributed by atoms with E-state index in [1.807, 2.05) is 18.2 Å². The second kappa shape index (κ2) is 6.59. The number of pyridine rings is 1. The third kappa shape index (κ3) is 8.19. The molecule has 1 N–H and O–H groups in total. The van der Waals surface area contributed by atoms with Crippen LogP contribution in [0.15, 0.2) is 30.6 Å². The molecule has 0 aromatic carbocycles. The van der Waals surface area contributed by atoms with E-state index in [2.05, 4.69) is 5.43 Å². The topological polar surface area (TPSA) is 73.1 Å². The summed E-state index contributed by atoms with van der Waals surface area (Å²) in [5.74, 6) is -1.16. The van der Waals surface area contributed by atoms with Gasteiger partial charge in [0.2, 0.25) is 0 Å². The van der Waals surface area contributed by atoms with Gasteiger partial charge in [0.05, 0.1) is 0 Å². The second-order valence-electron chi connectivity index (χ2n) is 2.44. The molecule has 0 aliphatic heterocycles. The Kier molecular flexibility index (Phi) is 5.69. The molecule has 0 fully saturated rings. The predicted octanol–water partition coefficient (Wildman–Crippen LogP) is -1.18. The largest absolute Gasteiger partial charge is 0.550 e. The summed E-state index contributed by atoms with van der Waals surface area (Å²) in [5, 5.41) is 8.89. The lowest BCUT2D eigenvalue weighted by molar-refractivity contribution is -0.642. The summed E-state index contributed by atoms with van der Waals surface area (Å²) in [6.45, 7) is 2.44. The van der Waals surface area contributed by atoms with Gasteiger partial charge in [0.1, 0.15) is 0 Å². The van der Waals surface area contributed by atoms with Crippen molar-refractivity contribution in [2.45, 2.75) is 13.8 Å². The molecule has 0 atom stereocenters. The maximum atomic E-state index is 10.5. The molecule has 0 saturated heterocycles. The van der Waals surface area contributed by atoms with Crippen LogP contribution in [0.5, 0.6) is 0 Å². The molecule has 0 aliphatic carbocycles. The molecule has 1 rings (SSSR count). The van der Waals surface area contributed by atoms with Crippen LogP contribution in [0.4, 0.5) is 0 Å². The molecule has 5 heteroatoms. The van der Waals surface area contributed by atoms with E-state index in [0.29, 0.717) is 0 Å². The molecule has 0 bridgehead atoms. The first-order valence-corrected chi connectivity index (χ1v) is 3.94. The maximum absolute atomic E-state index is 10.5.